The standard InChI is InChI=1S/C16H26N4O3.HI/c1-4-23-11-10-20-16(17-2)19-9-8-18-15(21)13-6-5-7-14(12-13)22-3;/h5-7,12H,4,8-11H2,1-3H3,(H,18,21)(H2,17,19,20);1H. The van der Waals surface area contributed by atoms with Crippen LogP contribution >= 0.6 is 24.0 Å². The normalized spacial score (nSPS) is 10.5. The van der Waals surface area contributed by atoms with E-state index in [-0.39, 0.29) is 29.9 Å². The van der Waals surface area contributed by atoms with Crippen molar-refractivity contribution in [1.82, 2.24) is 16.0 Å². The summed E-state index contributed by atoms with van der Waals surface area (Å²) in [6.45, 7) is 5.03. The summed E-state index contributed by atoms with van der Waals surface area (Å²) in [6, 6.07) is 7.04. The summed E-state index contributed by atoms with van der Waals surface area (Å²) < 4.78 is 10.3. The third-order valence-corrected chi connectivity index (χ3v) is 3.00. The summed E-state index contributed by atoms with van der Waals surface area (Å²) in [4.78, 5) is 16.1. The van der Waals surface area contributed by atoms with Crippen LogP contribution in [0.5, 0.6) is 5.75 Å². The van der Waals surface area contributed by atoms with Crippen LogP contribution in [0.4, 0.5) is 0 Å². The quantitative estimate of drug-likeness (QED) is 0.228. The van der Waals surface area contributed by atoms with Gasteiger partial charge >= 0.3 is 0 Å². The number of rotatable bonds is 9. The van der Waals surface area contributed by atoms with Gasteiger partial charge < -0.3 is 25.4 Å². The number of nitrogens with one attached hydrogen (secondary N) is 3. The maximum absolute atomic E-state index is 12.0. The predicted octanol–water partition coefficient (Wildman–Crippen LogP) is 1.24. The molecule has 3 N–H and O–H groups in total. The number of benzene rings is 1. The van der Waals surface area contributed by atoms with Gasteiger partial charge in [-0.15, -0.1) is 24.0 Å². The minimum Gasteiger partial charge on any atom is -0.497 e. The lowest BCUT2D eigenvalue weighted by Gasteiger charge is -2.12. The fourth-order valence-electron chi connectivity index (χ4n) is 1.83. The zero-order chi connectivity index (χ0) is 16.9. The predicted molar refractivity (Wildman–Crippen MR) is 107 cm³/mol. The third kappa shape index (κ3) is 8.92. The number of hydrogen-bond donors (Lipinski definition) is 3. The summed E-state index contributed by atoms with van der Waals surface area (Å²) in [5.74, 6) is 1.21. The van der Waals surface area contributed by atoms with Crippen molar-refractivity contribution >= 4 is 35.8 Å². The van der Waals surface area contributed by atoms with E-state index < -0.39 is 0 Å². The van der Waals surface area contributed by atoms with Gasteiger partial charge in [0.2, 0.25) is 0 Å². The van der Waals surface area contributed by atoms with Gasteiger partial charge in [0.15, 0.2) is 5.96 Å². The molecule has 0 unspecified atom stereocenters. The lowest BCUT2D eigenvalue weighted by Crippen LogP contribution is -2.42. The number of hydrogen-bond acceptors (Lipinski definition) is 4. The topological polar surface area (TPSA) is 84.0 Å². The molecule has 1 aromatic carbocycles. The second kappa shape index (κ2) is 13.8. The van der Waals surface area contributed by atoms with Crippen molar-refractivity contribution in [3.63, 3.8) is 0 Å². The van der Waals surface area contributed by atoms with Crippen LogP contribution in [0.3, 0.4) is 0 Å². The fraction of sp³-hybridized carbons (Fsp3) is 0.500. The van der Waals surface area contributed by atoms with Crippen molar-refractivity contribution < 1.29 is 14.3 Å². The van der Waals surface area contributed by atoms with Gasteiger partial charge in [-0.2, -0.15) is 0 Å². The van der Waals surface area contributed by atoms with Crippen LogP contribution in [-0.2, 0) is 4.74 Å². The molecule has 0 aliphatic carbocycles. The number of aliphatic imine (C=N–C) groups is 1. The van der Waals surface area contributed by atoms with Gasteiger partial charge in [0.05, 0.1) is 13.7 Å². The lowest BCUT2D eigenvalue weighted by atomic mass is 10.2. The van der Waals surface area contributed by atoms with E-state index in [0.717, 1.165) is 0 Å². The summed E-state index contributed by atoms with van der Waals surface area (Å²) in [7, 11) is 3.27. The van der Waals surface area contributed by atoms with Crippen LogP contribution in [0.15, 0.2) is 29.3 Å². The SMILES string of the molecule is CCOCCNC(=NC)NCCNC(=O)c1cccc(OC)c1.I. The van der Waals surface area contributed by atoms with E-state index in [9.17, 15) is 4.79 Å². The zero-order valence-corrected chi connectivity index (χ0v) is 16.8. The molecule has 1 amide bonds. The molecule has 1 aromatic rings. The van der Waals surface area contributed by atoms with E-state index in [2.05, 4.69) is 20.9 Å². The molecule has 136 valence electrons. The zero-order valence-electron chi connectivity index (χ0n) is 14.4. The Labute approximate surface area is 160 Å². The minimum absolute atomic E-state index is 0. The highest BCUT2D eigenvalue weighted by Crippen LogP contribution is 2.11. The molecule has 0 saturated heterocycles. The van der Waals surface area contributed by atoms with Gasteiger partial charge in [-0.3, -0.25) is 9.79 Å². The molecule has 7 nitrogen and oxygen atoms in total. The van der Waals surface area contributed by atoms with Gasteiger partial charge in [0, 0.05) is 38.9 Å². The average Bonchev–Trinajstić information content (AvgIpc) is 2.60. The highest BCUT2D eigenvalue weighted by Gasteiger charge is 2.05. The number of halogens is 1. The Morgan fingerprint density at radius 2 is 1.88 bits per heavy atom. The van der Waals surface area contributed by atoms with Crippen LogP contribution in [0, 0.1) is 0 Å². The Morgan fingerprint density at radius 3 is 2.54 bits per heavy atom. The number of guanidine groups is 1. The minimum atomic E-state index is -0.134. The number of methoxy groups -OCH3 is 1. The summed E-state index contributed by atoms with van der Waals surface area (Å²) >= 11 is 0. The number of carbonyl (C=O) groups is 1. The molecule has 0 radical (unpaired) electrons. The van der Waals surface area contributed by atoms with Crippen LogP contribution < -0.4 is 20.7 Å². The molecule has 24 heavy (non-hydrogen) atoms. The lowest BCUT2D eigenvalue weighted by molar-refractivity contribution is 0.0954. The van der Waals surface area contributed by atoms with Crippen molar-refractivity contribution in [3.05, 3.63) is 29.8 Å². The molecule has 0 spiro atoms. The Kier molecular flexibility index (Phi) is 13.0. The number of carbonyl (C=O) groups excluding carboxylic acids is 1. The molecule has 0 bridgehead atoms. The molecular formula is C16H27IN4O3. The summed E-state index contributed by atoms with van der Waals surface area (Å²) in [6.07, 6.45) is 0. The van der Waals surface area contributed by atoms with E-state index in [0.29, 0.717) is 50.1 Å². The van der Waals surface area contributed by atoms with Crippen molar-refractivity contribution in [2.75, 3.05) is 47.0 Å². The van der Waals surface area contributed by atoms with Gasteiger partial charge in [0.25, 0.3) is 5.91 Å². The van der Waals surface area contributed by atoms with Gasteiger partial charge in [-0.05, 0) is 25.1 Å². The highest BCUT2D eigenvalue weighted by molar-refractivity contribution is 14.0. The van der Waals surface area contributed by atoms with Crippen molar-refractivity contribution in [2.24, 2.45) is 4.99 Å². The first-order valence-corrected chi connectivity index (χ1v) is 7.65. The van der Waals surface area contributed by atoms with Crippen molar-refractivity contribution in [3.8, 4) is 5.75 Å². The molecule has 0 fully saturated rings. The first-order chi connectivity index (χ1) is 11.2. The van der Waals surface area contributed by atoms with Gasteiger partial charge in [-0.1, -0.05) is 6.07 Å². The first-order valence-electron chi connectivity index (χ1n) is 7.65. The molecule has 0 aromatic heterocycles. The molecule has 0 saturated carbocycles. The fourth-order valence-corrected chi connectivity index (χ4v) is 1.83. The average molecular weight is 450 g/mol. The Hall–Kier alpha value is -1.55. The number of amides is 1. The Bertz CT molecular complexity index is 512. The maximum Gasteiger partial charge on any atom is 0.251 e. The maximum atomic E-state index is 12.0. The van der Waals surface area contributed by atoms with Crippen LogP contribution in [0.2, 0.25) is 0 Å². The Morgan fingerprint density at radius 1 is 1.17 bits per heavy atom. The monoisotopic (exact) mass is 450 g/mol. The largest absolute Gasteiger partial charge is 0.497 e. The molecule has 0 atom stereocenters. The summed E-state index contributed by atoms with van der Waals surface area (Å²) in [5, 5.41) is 9.09. The van der Waals surface area contributed by atoms with E-state index >= 15 is 0 Å². The van der Waals surface area contributed by atoms with Gasteiger partial charge in [-0.25, -0.2) is 0 Å². The van der Waals surface area contributed by atoms with Crippen molar-refractivity contribution in [1.29, 1.82) is 0 Å². The summed E-state index contributed by atoms with van der Waals surface area (Å²) in [5.41, 5.74) is 0.573. The van der Waals surface area contributed by atoms with Crippen molar-refractivity contribution in [2.45, 2.75) is 6.92 Å². The number of ether oxygens (including phenoxy) is 2. The van der Waals surface area contributed by atoms with Crippen LogP contribution in [0.1, 0.15) is 17.3 Å². The highest BCUT2D eigenvalue weighted by atomic mass is 127. The molecule has 0 aliphatic heterocycles. The molecule has 0 heterocycles. The van der Waals surface area contributed by atoms with E-state index in [1.165, 1.54) is 0 Å². The van der Waals surface area contributed by atoms with Gasteiger partial charge in [0.1, 0.15) is 5.75 Å². The second-order valence-corrected chi connectivity index (χ2v) is 4.61. The van der Waals surface area contributed by atoms with E-state index in [1.807, 2.05) is 6.92 Å². The molecular weight excluding hydrogens is 423 g/mol. The first kappa shape index (κ1) is 22.4. The third-order valence-electron chi connectivity index (χ3n) is 3.00. The second-order valence-electron chi connectivity index (χ2n) is 4.61. The Balaban J connectivity index is 0.00000529. The molecule has 8 heteroatoms. The van der Waals surface area contributed by atoms with Crippen LogP contribution in [0.25, 0.3) is 0 Å². The van der Waals surface area contributed by atoms with E-state index in [1.54, 1.807) is 38.4 Å². The molecule has 1 rings (SSSR count). The van der Waals surface area contributed by atoms with E-state index in [4.69, 9.17) is 9.47 Å². The molecule has 0 aliphatic rings. The van der Waals surface area contributed by atoms with Crippen LogP contribution in [-0.4, -0.2) is 58.9 Å². The number of nitrogens with zero attached hydrogens (tertiary/aromatic N) is 1. The smallest absolute Gasteiger partial charge is 0.251 e.